The number of rotatable bonds is 6. The molecule has 0 aliphatic carbocycles. The Hall–Kier alpha value is -2.96. The van der Waals surface area contributed by atoms with Crippen LogP contribution in [0.3, 0.4) is 0 Å². The van der Waals surface area contributed by atoms with E-state index < -0.39 is 4.92 Å². The minimum atomic E-state index is -0.573. The minimum Gasteiger partial charge on any atom is -0.477 e. The van der Waals surface area contributed by atoms with Gasteiger partial charge >= 0.3 is 5.69 Å². The van der Waals surface area contributed by atoms with Crippen LogP contribution >= 0.6 is 0 Å². The van der Waals surface area contributed by atoms with Gasteiger partial charge in [0.1, 0.15) is 5.82 Å². The number of carbonyl (C=O) groups excluding carboxylic acids is 1. The molecule has 0 aliphatic rings. The van der Waals surface area contributed by atoms with Gasteiger partial charge in [-0.3, -0.25) is 14.9 Å². The Morgan fingerprint density at radius 2 is 2.00 bits per heavy atom. The fraction of sp³-hybridized carbons (Fsp3) is 0.188. The van der Waals surface area contributed by atoms with Crippen LogP contribution in [0.2, 0.25) is 0 Å². The highest BCUT2D eigenvalue weighted by Crippen LogP contribution is 2.25. The molecular weight excluding hydrogens is 303 g/mol. The Kier molecular flexibility index (Phi) is 5.24. The second-order valence-electron chi connectivity index (χ2n) is 4.89. The van der Waals surface area contributed by atoms with Crippen LogP contribution in [0.25, 0.3) is 0 Å². The van der Waals surface area contributed by atoms with Crippen LogP contribution in [0.5, 0.6) is 5.75 Å². The number of nitrogens with zero attached hydrogens (tertiary/aromatic N) is 2. The zero-order valence-corrected chi connectivity index (χ0v) is 12.4. The Morgan fingerprint density at radius 1 is 1.26 bits per heavy atom. The number of hydrogen-bond donors (Lipinski definition) is 0. The number of nitro groups is 1. The third-order valence-electron chi connectivity index (χ3n) is 3.15. The third-order valence-corrected chi connectivity index (χ3v) is 3.15. The Balaban J connectivity index is 1.95. The lowest BCUT2D eigenvalue weighted by molar-refractivity contribution is -0.385. The van der Waals surface area contributed by atoms with Crippen molar-refractivity contribution in [2.75, 3.05) is 13.7 Å². The fourth-order valence-corrected chi connectivity index (χ4v) is 1.98. The van der Waals surface area contributed by atoms with Crippen molar-refractivity contribution in [1.82, 2.24) is 4.90 Å². The molecule has 0 aliphatic heterocycles. The van der Waals surface area contributed by atoms with Crippen LogP contribution in [-0.4, -0.2) is 29.4 Å². The summed E-state index contributed by atoms with van der Waals surface area (Å²) in [5.74, 6) is -0.711. The van der Waals surface area contributed by atoms with E-state index in [9.17, 15) is 19.3 Å². The number of likely N-dealkylation sites (N-methyl/N-ethyl adjacent to an activating group) is 1. The summed E-state index contributed by atoms with van der Waals surface area (Å²) in [5, 5.41) is 10.9. The summed E-state index contributed by atoms with van der Waals surface area (Å²) in [5.41, 5.74) is 0.444. The lowest BCUT2D eigenvalue weighted by Gasteiger charge is -2.17. The number of ether oxygens (including phenoxy) is 1. The Labute approximate surface area is 132 Å². The van der Waals surface area contributed by atoms with Gasteiger partial charge in [0.15, 0.2) is 12.4 Å². The van der Waals surface area contributed by atoms with E-state index in [-0.39, 0.29) is 36.3 Å². The zero-order valence-electron chi connectivity index (χ0n) is 12.4. The zero-order chi connectivity index (χ0) is 16.8. The molecule has 0 saturated heterocycles. The summed E-state index contributed by atoms with van der Waals surface area (Å²) in [4.78, 5) is 23.7. The van der Waals surface area contributed by atoms with E-state index in [4.69, 9.17) is 4.74 Å². The molecule has 0 bridgehead atoms. The number of amides is 1. The number of carbonyl (C=O) groups is 1. The monoisotopic (exact) mass is 318 g/mol. The van der Waals surface area contributed by atoms with E-state index in [0.717, 1.165) is 0 Å². The molecule has 2 aromatic carbocycles. The van der Waals surface area contributed by atoms with Crippen molar-refractivity contribution < 1.29 is 18.8 Å². The summed E-state index contributed by atoms with van der Waals surface area (Å²) in [6.07, 6.45) is 0. The molecule has 0 radical (unpaired) electrons. The van der Waals surface area contributed by atoms with Crippen LogP contribution in [0.4, 0.5) is 10.1 Å². The molecule has 0 spiro atoms. The van der Waals surface area contributed by atoms with Gasteiger partial charge in [-0.15, -0.1) is 0 Å². The molecule has 6 nitrogen and oxygen atoms in total. The van der Waals surface area contributed by atoms with E-state index >= 15 is 0 Å². The van der Waals surface area contributed by atoms with Gasteiger partial charge in [0.05, 0.1) is 4.92 Å². The first-order chi connectivity index (χ1) is 11.0. The molecule has 2 rings (SSSR count). The first kappa shape index (κ1) is 16.4. The Morgan fingerprint density at radius 3 is 2.70 bits per heavy atom. The van der Waals surface area contributed by atoms with Gasteiger partial charge in [0, 0.05) is 19.7 Å². The van der Waals surface area contributed by atoms with Crippen molar-refractivity contribution in [3.63, 3.8) is 0 Å². The maximum atomic E-state index is 13.1. The average molecular weight is 318 g/mol. The summed E-state index contributed by atoms with van der Waals surface area (Å²) in [6.45, 7) is -0.118. The van der Waals surface area contributed by atoms with Gasteiger partial charge in [-0.1, -0.05) is 24.3 Å². The normalized spacial score (nSPS) is 10.2. The van der Waals surface area contributed by atoms with Crippen molar-refractivity contribution in [3.05, 3.63) is 70.0 Å². The average Bonchev–Trinajstić information content (AvgIpc) is 2.52. The SMILES string of the molecule is CN(Cc1cccc(F)c1)C(=O)COc1ccccc1[N+](=O)[O-]. The van der Waals surface area contributed by atoms with Gasteiger partial charge in [-0.25, -0.2) is 4.39 Å². The van der Waals surface area contributed by atoms with Crippen LogP contribution in [0.15, 0.2) is 48.5 Å². The van der Waals surface area contributed by atoms with E-state index in [1.54, 1.807) is 25.2 Å². The highest BCUT2D eigenvalue weighted by Gasteiger charge is 2.16. The molecule has 0 fully saturated rings. The maximum Gasteiger partial charge on any atom is 0.310 e. The summed E-state index contributed by atoms with van der Waals surface area (Å²) < 4.78 is 18.4. The van der Waals surface area contributed by atoms with Crippen LogP contribution < -0.4 is 4.74 Å². The molecule has 0 unspecified atom stereocenters. The standard InChI is InChI=1S/C16H15FN2O4/c1-18(10-12-5-4-6-13(17)9-12)16(20)11-23-15-8-3-2-7-14(15)19(21)22/h2-9H,10-11H2,1H3. The predicted molar refractivity (Wildman–Crippen MR) is 81.5 cm³/mol. The molecule has 0 N–H and O–H groups in total. The lowest BCUT2D eigenvalue weighted by atomic mass is 10.2. The third kappa shape index (κ3) is 4.50. The summed E-state index contributed by atoms with van der Waals surface area (Å²) in [6, 6.07) is 11.8. The number of hydrogen-bond acceptors (Lipinski definition) is 4. The highest BCUT2D eigenvalue weighted by molar-refractivity contribution is 5.77. The van der Waals surface area contributed by atoms with E-state index in [1.807, 2.05) is 0 Å². The number of benzene rings is 2. The maximum absolute atomic E-state index is 13.1. The Bertz CT molecular complexity index is 721. The number of para-hydroxylation sites is 2. The van der Waals surface area contributed by atoms with E-state index in [1.165, 1.54) is 35.2 Å². The first-order valence-corrected chi connectivity index (χ1v) is 6.82. The molecule has 2 aromatic rings. The molecule has 0 saturated carbocycles. The van der Waals surface area contributed by atoms with Crippen molar-refractivity contribution in [2.24, 2.45) is 0 Å². The number of halogens is 1. The molecule has 7 heteroatoms. The topological polar surface area (TPSA) is 72.7 Å². The van der Waals surface area contributed by atoms with Crippen molar-refractivity contribution in [3.8, 4) is 5.75 Å². The molecule has 23 heavy (non-hydrogen) atoms. The van der Waals surface area contributed by atoms with E-state index in [0.29, 0.717) is 5.56 Å². The van der Waals surface area contributed by atoms with Crippen molar-refractivity contribution in [1.29, 1.82) is 0 Å². The van der Waals surface area contributed by atoms with Gasteiger partial charge < -0.3 is 9.64 Å². The number of nitro benzene ring substituents is 1. The fourth-order valence-electron chi connectivity index (χ4n) is 1.98. The molecule has 0 atom stereocenters. The largest absolute Gasteiger partial charge is 0.477 e. The van der Waals surface area contributed by atoms with Crippen LogP contribution in [0, 0.1) is 15.9 Å². The highest BCUT2D eigenvalue weighted by atomic mass is 19.1. The van der Waals surface area contributed by atoms with Gasteiger partial charge in [0.2, 0.25) is 0 Å². The minimum absolute atomic E-state index is 0.0324. The lowest BCUT2D eigenvalue weighted by Crippen LogP contribution is -2.31. The van der Waals surface area contributed by atoms with Crippen molar-refractivity contribution in [2.45, 2.75) is 6.54 Å². The van der Waals surface area contributed by atoms with E-state index in [2.05, 4.69) is 0 Å². The smallest absolute Gasteiger partial charge is 0.310 e. The first-order valence-electron chi connectivity index (χ1n) is 6.82. The van der Waals surface area contributed by atoms with Crippen LogP contribution in [0.1, 0.15) is 5.56 Å². The molecule has 1 amide bonds. The quantitative estimate of drug-likeness (QED) is 0.606. The second kappa shape index (κ2) is 7.35. The van der Waals surface area contributed by atoms with Gasteiger partial charge in [-0.05, 0) is 23.8 Å². The molecule has 0 aromatic heterocycles. The van der Waals surface area contributed by atoms with Gasteiger partial charge in [0.25, 0.3) is 5.91 Å². The molecule has 0 heterocycles. The van der Waals surface area contributed by atoms with Crippen molar-refractivity contribution >= 4 is 11.6 Å². The second-order valence-corrected chi connectivity index (χ2v) is 4.89. The summed E-state index contributed by atoms with van der Waals surface area (Å²) >= 11 is 0. The van der Waals surface area contributed by atoms with Crippen LogP contribution in [-0.2, 0) is 11.3 Å². The summed E-state index contributed by atoms with van der Waals surface area (Å²) in [7, 11) is 1.55. The van der Waals surface area contributed by atoms with Gasteiger partial charge in [-0.2, -0.15) is 0 Å². The molecule has 120 valence electrons. The molecular formula is C16H15FN2O4. The predicted octanol–water partition coefficient (Wildman–Crippen LogP) is 2.77.